The van der Waals surface area contributed by atoms with Crippen molar-refractivity contribution in [2.75, 3.05) is 4.72 Å². The van der Waals surface area contributed by atoms with Gasteiger partial charge >= 0.3 is 0 Å². The minimum absolute atomic E-state index is 0.0136. The number of pyridine rings is 1. The van der Waals surface area contributed by atoms with Gasteiger partial charge in [0, 0.05) is 47.7 Å². The molecular weight excluding hydrogens is 512 g/mol. The number of halogens is 2. The Balaban J connectivity index is 1.51. The van der Waals surface area contributed by atoms with E-state index >= 15 is 4.39 Å². The second-order valence-electron chi connectivity index (χ2n) is 9.17. The molecule has 0 fully saturated rings. The van der Waals surface area contributed by atoms with Crippen molar-refractivity contribution in [2.45, 2.75) is 24.7 Å². The highest BCUT2D eigenvalue weighted by atomic mass is 32.2. The van der Waals surface area contributed by atoms with Crippen LogP contribution in [0.3, 0.4) is 0 Å². The molecule has 0 aliphatic carbocycles. The lowest BCUT2D eigenvalue weighted by Gasteiger charge is -2.13. The number of aryl methyl sites for hydroxylation is 1. The normalized spacial score (nSPS) is 11.8. The van der Waals surface area contributed by atoms with E-state index in [2.05, 4.69) is 19.8 Å². The monoisotopic (exact) mass is 535 g/mol. The smallest absolute Gasteiger partial charge is 0.261 e. The van der Waals surface area contributed by atoms with Crippen molar-refractivity contribution in [3.63, 3.8) is 0 Å². The first kappa shape index (κ1) is 25.3. The molecule has 0 saturated heterocycles. The van der Waals surface area contributed by atoms with Crippen molar-refractivity contribution in [1.82, 2.24) is 19.7 Å². The SMILES string of the molecule is CC(C)c1ccc(S(=O)(=O)Nc2ccc(F)c(C(=O)c3c[nH]c4ncc(-c5cnn(C)c5)cc34)c2F)cc1. The van der Waals surface area contributed by atoms with Crippen molar-refractivity contribution in [3.05, 3.63) is 95.6 Å². The first-order valence-electron chi connectivity index (χ1n) is 11.7. The highest BCUT2D eigenvalue weighted by Crippen LogP contribution is 2.30. The topological polar surface area (TPSA) is 110 Å². The predicted octanol–water partition coefficient (Wildman–Crippen LogP) is 5.40. The summed E-state index contributed by atoms with van der Waals surface area (Å²) < 4.78 is 59.9. The molecule has 0 atom stereocenters. The van der Waals surface area contributed by atoms with Crippen molar-refractivity contribution in [3.8, 4) is 11.1 Å². The molecule has 38 heavy (non-hydrogen) atoms. The number of nitrogens with zero attached hydrogens (tertiary/aromatic N) is 3. The molecule has 194 valence electrons. The molecule has 0 radical (unpaired) electrons. The van der Waals surface area contributed by atoms with Gasteiger partial charge in [-0.1, -0.05) is 26.0 Å². The lowest BCUT2D eigenvalue weighted by atomic mass is 10.0. The zero-order valence-electron chi connectivity index (χ0n) is 20.7. The van der Waals surface area contributed by atoms with Crippen LogP contribution in [0.2, 0.25) is 0 Å². The number of aromatic amines is 1. The van der Waals surface area contributed by atoms with Crippen molar-refractivity contribution < 1.29 is 22.0 Å². The number of anilines is 1. The van der Waals surface area contributed by atoms with Gasteiger partial charge in [0.25, 0.3) is 10.0 Å². The Hall–Kier alpha value is -4.38. The number of benzene rings is 2. The average molecular weight is 536 g/mol. The highest BCUT2D eigenvalue weighted by Gasteiger charge is 2.26. The van der Waals surface area contributed by atoms with Gasteiger partial charge in [-0.3, -0.25) is 14.2 Å². The average Bonchev–Trinajstić information content (AvgIpc) is 3.51. The van der Waals surface area contributed by atoms with Gasteiger partial charge in [0.1, 0.15) is 11.5 Å². The van der Waals surface area contributed by atoms with Gasteiger partial charge in [0.05, 0.1) is 22.3 Å². The summed E-state index contributed by atoms with van der Waals surface area (Å²) in [6.45, 7) is 3.94. The molecule has 0 unspecified atom stereocenters. The summed E-state index contributed by atoms with van der Waals surface area (Å²) in [7, 11) is -2.45. The number of hydrogen-bond acceptors (Lipinski definition) is 5. The van der Waals surface area contributed by atoms with E-state index in [1.165, 1.54) is 18.3 Å². The first-order valence-corrected chi connectivity index (χ1v) is 13.1. The second-order valence-corrected chi connectivity index (χ2v) is 10.8. The number of ketones is 1. The number of hydrogen-bond donors (Lipinski definition) is 2. The zero-order valence-corrected chi connectivity index (χ0v) is 21.5. The van der Waals surface area contributed by atoms with E-state index in [4.69, 9.17) is 0 Å². The number of fused-ring (bicyclic) bond motifs is 1. The van der Waals surface area contributed by atoms with E-state index in [1.807, 2.05) is 13.8 Å². The molecule has 5 aromatic rings. The fourth-order valence-corrected chi connectivity index (χ4v) is 5.19. The summed E-state index contributed by atoms with van der Waals surface area (Å²) in [5, 5.41) is 4.47. The van der Waals surface area contributed by atoms with E-state index in [9.17, 15) is 17.6 Å². The van der Waals surface area contributed by atoms with Crippen LogP contribution in [0.1, 0.15) is 41.3 Å². The van der Waals surface area contributed by atoms with Crippen LogP contribution in [0.15, 0.2) is 72.1 Å². The molecule has 0 bridgehead atoms. The summed E-state index contributed by atoms with van der Waals surface area (Å²) in [6, 6.07) is 9.61. The molecule has 0 spiro atoms. The standard InChI is InChI=1S/C27H23F2N5O3S/c1-15(2)16-4-6-19(7-5-16)38(36,37)33-23-9-8-22(28)24(25(23)29)26(35)21-13-31-27-20(21)10-17(11-30-27)18-12-32-34(3)14-18/h4-15,33H,1-3H3,(H,30,31). The summed E-state index contributed by atoms with van der Waals surface area (Å²) in [4.78, 5) is 20.4. The lowest BCUT2D eigenvalue weighted by Crippen LogP contribution is -2.16. The Labute approximate surface area is 217 Å². The van der Waals surface area contributed by atoms with Gasteiger partial charge < -0.3 is 4.98 Å². The number of aromatic nitrogens is 4. The maximum Gasteiger partial charge on any atom is 0.261 e. The maximum absolute atomic E-state index is 15.5. The van der Waals surface area contributed by atoms with E-state index in [1.54, 1.807) is 48.5 Å². The van der Waals surface area contributed by atoms with Crippen molar-refractivity contribution >= 4 is 32.5 Å². The fraction of sp³-hybridized carbons (Fsp3) is 0.148. The minimum Gasteiger partial charge on any atom is -0.345 e. The van der Waals surface area contributed by atoms with Gasteiger partial charge in [0.15, 0.2) is 5.82 Å². The van der Waals surface area contributed by atoms with Crippen LogP contribution in [-0.4, -0.2) is 33.9 Å². The van der Waals surface area contributed by atoms with E-state index in [-0.39, 0.29) is 16.4 Å². The van der Waals surface area contributed by atoms with Gasteiger partial charge in [0.2, 0.25) is 5.78 Å². The number of sulfonamides is 1. The highest BCUT2D eigenvalue weighted by molar-refractivity contribution is 7.92. The van der Waals surface area contributed by atoms with Crippen LogP contribution in [-0.2, 0) is 17.1 Å². The quantitative estimate of drug-likeness (QED) is 0.271. The first-order chi connectivity index (χ1) is 18.0. The third kappa shape index (κ3) is 4.56. The number of carbonyl (C=O) groups excluding carboxylic acids is 1. The van der Waals surface area contributed by atoms with Crippen LogP contribution in [0.4, 0.5) is 14.5 Å². The van der Waals surface area contributed by atoms with Gasteiger partial charge in [-0.2, -0.15) is 5.10 Å². The van der Waals surface area contributed by atoms with Crippen molar-refractivity contribution in [1.29, 1.82) is 0 Å². The van der Waals surface area contributed by atoms with E-state index in [0.717, 1.165) is 23.3 Å². The number of carbonyl (C=O) groups is 1. The summed E-state index contributed by atoms with van der Waals surface area (Å²) in [6.07, 6.45) is 6.30. The largest absolute Gasteiger partial charge is 0.345 e. The second kappa shape index (κ2) is 9.49. The van der Waals surface area contributed by atoms with Crippen LogP contribution in [0.5, 0.6) is 0 Å². The Morgan fingerprint density at radius 1 is 1.05 bits per heavy atom. The molecule has 0 aliphatic rings. The Bertz CT molecular complexity index is 1790. The van der Waals surface area contributed by atoms with E-state index < -0.39 is 38.7 Å². The molecule has 11 heteroatoms. The zero-order chi connectivity index (χ0) is 27.2. The molecule has 3 aromatic heterocycles. The Kier molecular flexibility index (Phi) is 6.31. The third-order valence-corrected chi connectivity index (χ3v) is 7.61. The van der Waals surface area contributed by atoms with Crippen LogP contribution < -0.4 is 4.72 Å². The molecule has 5 rings (SSSR count). The van der Waals surface area contributed by atoms with Crippen LogP contribution >= 0.6 is 0 Å². The maximum atomic E-state index is 15.5. The van der Waals surface area contributed by atoms with Crippen LogP contribution in [0.25, 0.3) is 22.2 Å². The molecule has 0 amide bonds. The van der Waals surface area contributed by atoms with Gasteiger partial charge in [-0.15, -0.1) is 0 Å². The van der Waals surface area contributed by atoms with Crippen LogP contribution in [0, 0.1) is 11.6 Å². The summed E-state index contributed by atoms with van der Waals surface area (Å²) >= 11 is 0. The summed E-state index contributed by atoms with van der Waals surface area (Å²) in [5.74, 6) is -3.20. The van der Waals surface area contributed by atoms with Crippen molar-refractivity contribution in [2.24, 2.45) is 7.05 Å². The molecule has 2 N–H and O–H groups in total. The molecule has 3 heterocycles. The van der Waals surface area contributed by atoms with Gasteiger partial charge in [-0.25, -0.2) is 22.2 Å². The molecule has 2 aromatic carbocycles. The lowest BCUT2D eigenvalue weighted by molar-refractivity contribution is 0.103. The number of rotatable bonds is 7. The summed E-state index contributed by atoms with van der Waals surface area (Å²) in [5.41, 5.74) is 1.25. The predicted molar refractivity (Wildman–Crippen MR) is 139 cm³/mol. The fourth-order valence-electron chi connectivity index (χ4n) is 4.13. The Morgan fingerprint density at radius 3 is 2.45 bits per heavy atom. The molecule has 0 saturated carbocycles. The third-order valence-electron chi connectivity index (χ3n) is 6.23. The number of H-pyrrole nitrogens is 1. The number of nitrogens with one attached hydrogen (secondary N) is 2. The van der Waals surface area contributed by atoms with Gasteiger partial charge in [-0.05, 0) is 41.8 Å². The Morgan fingerprint density at radius 2 is 1.79 bits per heavy atom. The molecule has 0 aliphatic heterocycles. The molecule has 8 nitrogen and oxygen atoms in total. The minimum atomic E-state index is -4.20. The molecular formula is C27H23F2N5O3S. The van der Waals surface area contributed by atoms with E-state index in [0.29, 0.717) is 16.6 Å².